The summed E-state index contributed by atoms with van der Waals surface area (Å²) in [6.07, 6.45) is -2.45. The van der Waals surface area contributed by atoms with Gasteiger partial charge in [0.05, 0.1) is 6.61 Å². The first-order valence-corrected chi connectivity index (χ1v) is 5.64. The van der Waals surface area contributed by atoms with Crippen LogP contribution >= 0.6 is 0 Å². The molecule has 0 fully saturated rings. The van der Waals surface area contributed by atoms with Crippen LogP contribution in [0.1, 0.15) is 0 Å². The minimum atomic E-state index is -2.45. The molecule has 18 heavy (non-hydrogen) atoms. The molecule has 2 rings (SSSR count). The van der Waals surface area contributed by atoms with Crippen LogP contribution in [0, 0.1) is 0 Å². The third-order valence-corrected chi connectivity index (χ3v) is 2.26. The normalized spacial score (nSPS) is 13.7. The van der Waals surface area contributed by atoms with Crippen LogP contribution in [0.4, 0.5) is 8.78 Å². The zero-order valence-electron chi connectivity index (χ0n) is 9.73. The standard InChI is InChI=1S/C12H14F2O4/c13-11(14)8-15-4-5-16-9-2-1-3-10-12(9)18-7-6-17-10/h1-3,11H,4-8H2. The molecule has 0 unspecified atom stereocenters. The maximum Gasteiger partial charge on any atom is 0.261 e. The molecule has 0 amide bonds. The van der Waals surface area contributed by atoms with Crippen LogP contribution in [0.15, 0.2) is 18.2 Å². The van der Waals surface area contributed by atoms with Crippen LogP contribution < -0.4 is 14.2 Å². The molecule has 0 saturated carbocycles. The first-order chi connectivity index (χ1) is 8.77. The fourth-order valence-electron chi connectivity index (χ4n) is 1.54. The number of hydrogen-bond donors (Lipinski definition) is 0. The van der Waals surface area contributed by atoms with Crippen molar-refractivity contribution in [2.24, 2.45) is 0 Å². The van der Waals surface area contributed by atoms with Gasteiger partial charge in [0.15, 0.2) is 11.5 Å². The Morgan fingerprint density at radius 1 is 1.17 bits per heavy atom. The molecule has 0 N–H and O–H groups in total. The highest BCUT2D eigenvalue weighted by Gasteiger charge is 2.16. The summed E-state index contributed by atoms with van der Waals surface area (Å²) >= 11 is 0. The van der Waals surface area contributed by atoms with Crippen LogP contribution in [-0.4, -0.2) is 39.5 Å². The van der Waals surface area contributed by atoms with Crippen molar-refractivity contribution >= 4 is 0 Å². The van der Waals surface area contributed by atoms with Crippen molar-refractivity contribution in [1.29, 1.82) is 0 Å². The van der Waals surface area contributed by atoms with E-state index in [2.05, 4.69) is 0 Å². The van der Waals surface area contributed by atoms with E-state index in [0.29, 0.717) is 30.5 Å². The average Bonchev–Trinajstić information content (AvgIpc) is 2.38. The van der Waals surface area contributed by atoms with Gasteiger partial charge in [-0.05, 0) is 12.1 Å². The Labute approximate surface area is 103 Å². The topological polar surface area (TPSA) is 36.9 Å². The third-order valence-electron chi connectivity index (χ3n) is 2.26. The van der Waals surface area contributed by atoms with E-state index in [9.17, 15) is 8.78 Å². The van der Waals surface area contributed by atoms with Gasteiger partial charge in [0.2, 0.25) is 5.75 Å². The number of hydrogen-bond acceptors (Lipinski definition) is 4. The van der Waals surface area contributed by atoms with E-state index >= 15 is 0 Å². The highest BCUT2D eigenvalue weighted by Crippen LogP contribution is 2.38. The monoisotopic (exact) mass is 260 g/mol. The number of halogens is 2. The number of rotatable bonds is 6. The van der Waals surface area contributed by atoms with Crippen molar-refractivity contribution in [2.45, 2.75) is 6.43 Å². The molecule has 6 heteroatoms. The molecule has 1 aliphatic heterocycles. The van der Waals surface area contributed by atoms with Gasteiger partial charge < -0.3 is 18.9 Å². The lowest BCUT2D eigenvalue weighted by molar-refractivity contribution is 0.00718. The van der Waals surface area contributed by atoms with E-state index in [4.69, 9.17) is 18.9 Å². The Kier molecular flexibility index (Phi) is 4.58. The van der Waals surface area contributed by atoms with Crippen molar-refractivity contribution in [3.8, 4) is 17.2 Å². The van der Waals surface area contributed by atoms with Crippen molar-refractivity contribution in [3.05, 3.63) is 18.2 Å². The summed E-state index contributed by atoms with van der Waals surface area (Å²) in [6, 6.07) is 5.30. The molecule has 0 aliphatic carbocycles. The van der Waals surface area contributed by atoms with Gasteiger partial charge in [0.1, 0.15) is 26.4 Å². The minimum absolute atomic E-state index is 0.106. The van der Waals surface area contributed by atoms with Crippen LogP contribution in [0.5, 0.6) is 17.2 Å². The Morgan fingerprint density at radius 3 is 2.83 bits per heavy atom. The Bertz CT molecular complexity index is 384. The fraction of sp³-hybridized carbons (Fsp3) is 0.500. The first kappa shape index (κ1) is 12.9. The molecule has 0 bridgehead atoms. The lowest BCUT2D eigenvalue weighted by Gasteiger charge is -2.20. The highest BCUT2D eigenvalue weighted by molar-refractivity contribution is 5.51. The quantitative estimate of drug-likeness (QED) is 0.734. The van der Waals surface area contributed by atoms with Gasteiger partial charge in [-0.25, -0.2) is 8.78 Å². The van der Waals surface area contributed by atoms with Gasteiger partial charge in [0.25, 0.3) is 6.43 Å². The Balaban J connectivity index is 1.82. The number of para-hydroxylation sites is 1. The third kappa shape index (κ3) is 3.46. The second kappa shape index (κ2) is 6.39. The molecular weight excluding hydrogens is 246 g/mol. The molecule has 1 aromatic carbocycles. The van der Waals surface area contributed by atoms with Gasteiger partial charge >= 0.3 is 0 Å². The molecule has 0 saturated heterocycles. The van der Waals surface area contributed by atoms with Crippen LogP contribution in [0.3, 0.4) is 0 Å². The molecule has 1 aliphatic rings. The van der Waals surface area contributed by atoms with E-state index < -0.39 is 13.0 Å². The van der Waals surface area contributed by atoms with Gasteiger partial charge in [0, 0.05) is 0 Å². The predicted molar refractivity (Wildman–Crippen MR) is 59.8 cm³/mol. The van der Waals surface area contributed by atoms with E-state index in [1.165, 1.54) is 0 Å². The van der Waals surface area contributed by atoms with Crippen molar-refractivity contribution in [2.75, 3.05) is 33.0 Å². The molecule has 4 nitrogen and oxygen atoms in total. The SMILES string of the molecule is FC(F)COCCOc1cccc2c1OCCO2. The molecule has 0 aromatic heterocycles. The zero-order chi connectivity index (χ0) is 12.8. The maximum atomic E-state index is 11.8. The number of fused-ring (bicyclic) bond motifs is 1. The zero-order valence-corrected chi connectivity index (χ0v) is 9.73. The maximum absolute atomic E-state index is 11.8. The summed E-state index contributed by atoms with van der Waals surface area (Å²) in [5.41, 5.74) is 0. The van der Waals surface area contributed by atoms with Gasteiger partial charge in [-0.15, -0.1) is 0 Å². The summed E-state index contributed by atoms with van der Waals surface area (Å²) in [6.45, 7) is 0.695. The van der Waals surface area contributed by atoms with Crippen LogP contribution in [0.2, 0.25) is 0 Å². The smallest absolute Gasteiger partial charge is 0.261 e. The van der Waals surface area contributed by atoms with E-state index in [0.717, 1.165) is 0 Å². The second-order valence-electron chi connectivity index (χ2n) is 3.59. The van der Waals surface area contributed by atoms with E-state index in [-0.39, 0.29) is 13.2 Å². The van der Waals surface area contributed by atoms with Crippen molar-refractivity contribution in [1.82, 2.24) is 0 Å². The predicted octanol–water partition coefficient (Wildman–Crippen LogP) is 2.12. The summed E-state index contributed by atoms with van der Waals surface area (Å²) in [5, 5.41) is 0. The fourth-order valence-corrected chi connectivity index (χ4v) is 1.54. The molecule has 0 atom stereocenters. The summed E-state index contributed by atoms with van der Waals surface area (Å²) < 4.78 is 44.6. The van der Waals surface area contributed by atoms with E-state index in [1.54, 1.807) is 18.2 Å². The van der Waals surface area contributed by atoms with Crippen molar-refractivity contribution in [3.63, 3.8) is 0 Å². The number of ether oxygens (including phenoxy) is 4. The van der Waals surface area contributed by atoms with Crippen LogP contribution in [0.25, 0.3) is 0 Å². The minimum Gasteiger partial charge on any atom is -0.487 e. The Hall–Kier alpha value is -1.56. The molecular formula is C12H14F2O4. The lowest BCUT2D eigenvalue weighted by atomic mass is 10.3. The molecule has 0 radical (unpaired) electrons. The average molecular weight is 260 g/mol. The van der Waals surface area contributed by atoms with Gasteiger partial charge in [-0.3, -0.25) is 0 Å². The highest BCUT2D eigenvalue weighted by atomic mass is 19.3. The molecule has 100 valence electrons. The summed E-state index contributed by atoms with van der Waals surface area (Å²) in [5.74, 6) is 1.72. The summed E-state index contributed by atoms with van der Waals surface area (Å²) in [4.78, 5) is 0. The Morgan fingerprint density at radius 2 is 2.00 bits per heavy atom. The van der Waals surface area contributed by atoms with Crippen molar-refractivity contribution < 1.29 is 27.7 Å². The largest absolute Gasteiger partial charge is 0.487 e. The van der Waals surface area contributed by atoms with Gasteiger partial charge in [-0.2, -0.15) is 0 Å². The van der Waals surface area contributed by atoms with Gasteiger partial charge in [-0.1, -0.05) is 6.07 Å². The molecule has 1 aromatic rings. The number of benzene rings is 1. The van der Waals surface area contributed by atoms with Crippen LogP contribution in [-0.2, 0) is 4.74 Å². The van der Waals surface area contributed by atoms with E-state index in [1.807, 2.05) is 0 Å². The number of alkyl halides is 2. The molecule has 0 spiro atoms. The molecule has 1 heterocycles. The lowest BCUT2D eigenvalue weighted by Crippen LogP contribution is -2.17. The first-order valence-electron chi connectivity index (χ1n) is 5.64. The second-order valence-corrected chi connectivity index (χ2v) is 3.59. The summed E-state index contributed by atoms with van der Waals surface area (Å²) in [7, 11) is 0.